The Kier molecular flexibility index (Phi) is 9.00. The third-order valence-electron chi connectivity index (χ3n) is 6.41. The molecule has 0 amide bonds. The van der Waals surface area contributed by atoms with E-state index in [9.17, 15) is 18.6 Å². The van der Waals surface area contributed by atoms with E-state index in [0.29, 0.717) is 5.69 Å². The topological polar surface area (TPSA) is 125 Å². The second-order valence-corrected chi connectivity index (χ2v) is 10.8. The maximum atomic E-state index is 11.2. The quantitative estimate of drug-likeness (QED) is 0.236. The van der Waals surface area contributed by atoms with E-state index in [0.717, 1.165) is 81.8 Å². The van der Waals surface area contributed by atoms with Crippen LogP contribution in [0.2, 0.25) is 0 Å². The van der Waals surface area contributed by atoms with E-state index in [-0.39, 0.29) is 23.5 Å². The second-order valence-electron chi connectivity index (χ2n) is 9.08. The van der Waals surface area contributed by atoms with E-state index in [2.05, 4.69) is 10.0 Å². The zero-order valence-electron chi connectivity index (χ0n) is 19.4. The van der Waals surface area contributed by atoms with Crippen molar-refractivity contribution in [3.63, 3.8) is 0 Å². The first-order chi connectivity index (χ1) is 15.7. The van der Waals surface area contributed by atoms with Gasteiger partial charge in [0.2, 0.25) is 10.0 Å². The number of hydrogen-bond donors (Lipinski definition) is 5. The van der Waals surface area contributed by atoms with Crippen molar-refractivity contribution in [3.8, 4) is 11.5 Å². The molecule has 0 heterocycles. The number of anilines is 1. The maximum absolute atomic E-state index is 11.2. The average molecular weight is 476 g/mol. The van der Waals surface area contributed by atoms with Gasteiger partial charge in [0.25, 0.3) is 0 Å². The SMILES string of the molecule is CS(=O)(=O)Nc1ccc(CCNCCCCCCC2c3ccc(O)c(O)c3CCC2N)cc1. The number of nitrogens with one attached hydrogen (secondary N) is 2. The number of hydrogen-bond acceptors (Lipinski definition) is 6. The van der Waals surface area contributed by atoms with Crippen LogP contribution in [0.5, 0.6) is 11.5 Å². The third kappa shape index (κ3) is 7.62. The average Bonchev–Trinajstić information content (AvgIpc) is 2.76. The summed E-state index contributed by atoms with van der Waals surface area (Å²) >= 11 is 0. The van der Waals surface area contributed by atoms with Gasteiger partial charge in [-0.25, -0.2) is 8.42 Å². The van der Waals surface area contributed by atoms with Gasteiger partial charge in [0, 0.05) is 17.3 Å². The minimum absolute atomic E-state index is 0.0250. The standard InChI is InChI=1S/C25H37N3O4S/c1-33(31,32)28-19-9-7-18(8-10-19)15-17-27-16-5-3-2-4-6-21-20-12-14-24(29)25(30)22(20)11-13-23(21)26/h7-10,12,14,21,23,27-30H,2-6,11,13,15-17,26H2,1H3. The Labute approximate surface area is 197 Å². The van der Waals surface area contributed by atoms with Gasteiger partial charge in [0.05, 0.1) is 6.26 Å². The highest BCUT2D eigenvalue weighted by molar-refractivity contribution is 7.92. The molecule has 182 valence electrons. The molecule has 3 rings (SSSR count). The van der Waals surface area contributed by atoms with Crippen molar-refractivity contribution in [2.45, 2.75) is 63.3 Å². The molecule has 7 nitrogen and oxygen atoms in total. The molecule has 6 N–H and O–H groups in total. The van der Waals surface area contributed by atoms with Crippen LogP contribution < -0.4 is 15.8 Å². The Balaban J connectivity index is 1.29. The summed E-state index contributed by atoms with van der Waals surface area (Å²) in [5, 5.41) is 23.4. The summed E-state index contributed by atoms with van der Waals surface area (Å²) in [7, 11) is -3.24. The van der Waals surface area contributed by atoms with Crippen molar-refractivity contribution in [2.24, 2.45) is 5.73 Å². The van der Waals surface area contributed by atoms with E-state index in [1.807, 2.05) is 18.2 Å². The van der Waals surface area contributed by atoms with Crippen LogP contribution in [-0.2, 0) is 22.9 Å². The van der Waals surface area contributed by atoms with Gasteiger partial charge in [-0.2, -0.15) is 0 Å². The second kappa shape index (κ2) is 11.7. The molecular weight excluding hydrogens is 438 g/mol. The minimum Gasteiger partial charge on any atom is -0.504 e. The van der Waals surface area contributed by atoms with Crippen molar-refractivity contribution in [1.29, 1.82) is 0 Å². The maximum Gasteiger partial charge on any atom is 0.229 e. The Bertz CT molecular complexity index is 1010. The van der Waals surface area contributed by atoms with Crippen molar-refractivity contribution in [1.82, 2.24) is 5.32 Å². The molecule has 33 heavy (non-hydrogen) atoms. The number of fused-ring (bicyclic) bond motifs is 1. The van der Waals surface area contributed by atoms with Crippen LogP contribution in [0.1, 0.15) is 61.1 Å². The number of aromatic hydroxyl groups is 2. The summed E-state index contributed by atoms with van der Waals surface area (Å²) in [5.41, 5.74) is 10.1. The van der Waals surface area contributed by atoms with Crippen molar-refractivity contribution in [2.75, 3.05) is 24.1 Å². The van der Waals surface area contributed by atoms with E-state index in [1.54, 1.807) is 18.2 Å². The molecule has 2 aromatic carbocycles. The number of phenols is 2. The first kappa shape index (κ1) is 25.3. The summed E-state index contributed by atoms with van der Waals surface area (Å²) in [6.07, 6.45) is 9.17. The van der Waals surface area contributed by atoms with E-state index >= 15 is 0 Å². The third-order valence-corrected chi connectivity index (χ3v) is 7.01. The fraction of sp³-hybridized carbons (Fsp3) is 0.520. The van der Waals surface area contributed by atoms with Gasteiger partial charge in [-0.1, -0.05) is 37.5 Å². The molecule has 0 fully saturated rings. The summed E-state index contributed by atoms with van der Waals surface area (Å²) in [5.74, 6) is 0.228. The molecule has 8 heteroatoms. The summed E-state index contributed by atoms with van der Waals surface area (Å²) < 4.78 is 25.0. The van der Waals surface area contributed by atoms with Crippen LogP contribution in [0, 0.1) is 0 Å². The molecule has 0 spiro atoms. The molecule has 1 aliphatic rings. The van der Waals surface area contributed by atoms with E-state index < -0.39 is 10.0 Å². The fourth-order valence-electron chi connectivity index (χ4n) is 4.64. The number of phenolic OH excluding ortho intramolecular Hbond substituents is 2. The van der Waals surface area contributed by atoms with Gasteiger partial charge in [-0.15, -0.1) is 0 Å². The van der Waals surface area contributed by atoms with Gasteiger partial charge in [-0.05, 0) is 80.4 Å². The van der Waals surface area contributed by atoms with Crippen molar-refractivity contribution >= 4 is 15.7 Å². The van der Waals surface area contributed by atoms with Crippen LogP contribution in [-0.4, -0.2) is 44.0 Å². The highest BCUT2D eigenvalue weighted by atomic mass is 32.2. The Hall–Kier alpha value is -2.29. The van der Waals surface area contributed by atoms with Gasteiger partial charge >= 0.3 is 0 Å². The predicted octanol–water partition coefficient (Wildman–Crippen LogP) is 3.61. The molecule has 0 aromatic heterocycles. The first-order valence-electron chi connectivity index (χ1n) is 11.8. The lowest BCUT2D eigenvalue weighted by molar-refractivity contribution is 0.380. The van der Waals surface area contributed by atoms with Gasteiger partial charge < -0.3 is 21.3 Å². The van der Waals surface area contributed by atoms with Gasteiger partial charge in [-0.3, -0.25) is 4.72 Å². The first-order valence-corrected chi connectivity index (χ1v) is 13.7. The Morgan fingerprint density at radius 1 is 1.00 bits per heavy atom. The lowest BCUT2D eigenvalue weighted by Crippen LogP contribution is -2.33. The molecule has 0 aliphatic heterocycles. The molecule has 0 saturated carbocycles. The molecule has 2 aromatic rings. The zero-order chi connectivity index (χ0) is 23.8. The Morgan fingerprint density at radius 2 is 1.73 bits per heavy atom. The molecule has 2 atom stereocenters. The normalized spacial score (nSPS) is 18.1. The van der Waals surface area contributed by atoms with Crippen LogP contribution >= 0.6 is 0 Å². The van der Waals surface area contributed by atoms with Crippen LogP contribution in [0.25, 0.3) is 0 Å². The van der Waals surface area contributed by atoms with Crippen LogP contribution in [0.4, 0.5) is 5.69 Å². The van der Waals surface area contributed by atoms with Crippen molar-refractivity contribution in [3.05, 3.63) is 53.1 Å². The number of sulfonamides is 1. The highest BCUT2D eigenvalue weighted by Crippen LogP contribution is 2.42. The zero-order valence-corrected chi connectivity index (χ0v) is 20.2. The summed E-state index contributed by atoms with van der Waals surface area (Å²) in [4.78, 5) is 0. The van der Waals surface area contributed by atoms with E-state index in [4.69, 9.17) is 5.73 Å². The molecule has 1 aliphatic carbocycles. The smallest absolute Gasteiger partial charge is 0.229 e. The molecular formula is C25H37N3O4S. The van der Waals surface area contributed by atoms with Gasteiger partial charge in [0.15, 0.2) is 11.5 Å². The van der Waals surface area contributed by atoms with Crippen molar-refractivity contribution < 1.29 is 18.6 Å². The lowest BCUT2D eigenvalue weighted by Gasteiger charge is -2.32. The minimum atomic E-state index is -3.24. The monoisotopic (exact) mass is 475 g/mol. The largest absolute Gasteiger partial charge is 0.504 e. The van der Waals surface area contributed by atoms with E-state index in [1.165, 1.54) is 5.56 Å². The number of nitrogens with two attached hydrogens (primary N) is 1. The lowest BCUT2D eigenvalue weighted by atomic mass is 9.76. The Morgan fingerprint density at radius 3 is 2.45 bits per heavy atom. The fourth-order valence-corrected chi connectivity index (χ4v) is 5.21. The highest BCUT2D eigenvalue weighted by Gasteiger charge is 2.29. The molecule has 2 unspecified atom stereocenters. The molecule has 0 radical (unpaired) electrons. The number of benzene rings is 2. The van der Waals surface area contributed by atoms with Crippen LogP contribution in [0.15, 0.2) is 36.4 Å². The summed E-state index contributed by atoms with van der Waals surface area (Å²) in [6.45, 7) is 1.87. The number of rotatable bonds is 12. The van der Waals surface area contributed by atoms with Crippen LogP contribution in [0.3, 0.4) is 0 Å². The molecule has 0 saturated heterocycles. The van der Waals surface area contributed by atoms with Gasteiger partial charge in [0.1, 0.15) is 0 Å². The predicted molar refractivity (Wildman–Crippen MR) is 133 cm³/mol. The number of unbranched alkanes of at least 4 members (excludes halogenated alkanes) is 3. The summed E-state index contributed by atoms with van der Waals surface area (Å²) in [6, 6.07) is 11.1. The molecule has 0 bridgehead atoms.